The predicted octanol–water partition coefficient (Wildman–Crippen LogP) is 3.42. The number of aryl methyl sites for hydroxylation is 1. The molecule has 0 radical (unpaired) electrons. The Balaban J connectivity index is 1.68. The average Bonchev–Trinajstić information content (AvgIpc) is 2.96. The van der Waals surface area contributed by atoms with Crippen LogP contribution in [0, 0.1) is 6.92 Å². The first kappa shape index (κ1) is 20.2. The van der Waals surface area contributed by atoms with E-state index in [1.807, 2.05) is 0 Å². The summed E-state index contributed by atoms with van der Waals surface area (Å²) in [4.78, 5) is 36.3. The van der Waals surface area contributed by atoms with Gasteiger partial charge in [0.05, 0.1) is 22.4 Å². The van der Waals surface area contributed by atoms with E-state index in [9.17, 15) is 27.6 Å². The molecule has 3 N–H and O–H groups in total. The number of amides is 2. The van der Waals surface area contributed by atoms with Gasteiger partial charge in [-0.1, -0.05) is 0 Å². The summed E-state index contributed by atoms with van der Waals surface area (Å²) in [6.07, 6.45) is -4.44. The van der Waals surface area contributed by atoms with Gasteiger partial charge in [0.2, 0.25) is 0 Å². The summed E-state index contributed by atoms with van der Waals surface area (Å²) in [5, 5.41) is 2.09. The number of hydrogen-bond acceptors (Lipinski definition) is 5. The Hall–Kier alpha value is -4.08. The first-order chi connectivity index (χ1) is 14.6. The molecular formula is C21H14F3N3O4. The Bertz CT molecular complexity index is 1290. The molecule has 31 heavy (non-hydrogen) atoms. The molecule has 0 spiro atoms. The molecule has 7 nitrogen and oxygen atoms in total. The molecule has 0 saturated carbocycles. The Morgan fingerprint density at radius 3 is 2.19 bits per heavy atom. The quantitative estimate of drug-likeness (QED) is 0.621. The number of imide groups is 1. The lowest BCUT2D eigenvalue weighted by Gasteiger charge is -2.15. The molecule has 1 aliphatic heterocycles. The molecule has 1 aromatic heterocycles. The second-order valence-corrected chi connectivity index (χ2v) is 6.85. The highest BCUT2D eigenvalue weighted by Crippen LogP contribution is 2.32. The van der Waals surface area contributed by atoms with E-state index >= 15 is 0 Å². The minimum absolute atomic E-state index is 0.0749. The molecule has 4 rings (SSSR count). The van der Waals surface area contributed by atoms with Crippen LogP contribution >= 0.6 is 0 Å². The number of nitrogens with one attached hydrogen (secondary N) is 1. The van der Waals surface area contributed by atoms with Crippen LogP contribution in [-0.2, 0) is 6.18 Å². The lowest BCUT2D eigenvalue weighted by Crippen LogP contribution is -2.24. The maximum absolute atomic E-state index is 12.7. The van der Waals surface area contributed by atoms with Crippen molar-refractivity contribution < 1.29 is 27.5 Å². The predicted molar refractivity (Wildman–Crippen MR) is 105 cm³/mol. The van der Waals surface area contributed by atoms with Crippen LogP contribution in [0.3, 0.4) is 0 Å². The van der Waals surface area contributed by atoms with Gasteiger partial charge in [0.15, 0.2) is 0 Å². The number of carbonyl (C=O) groups is 2. The van der Waals surface area contributed by atoms with E-state index in [0.29, 0.717) is 17.0 Å². The van der Waals surface area contributed by atoms with E-state index in [4.69, 9.17) is 10.5 Å². The summed E-state index contributed by atoms with van der Waals surface area (Å²) in [5.41, 5.74) is 5.39. The molecule has 0 unspecified atom stereocenters. The number of pyridine rings is 1. The minimum atomic E-state index is -4.44. The SMILES string of the molecule is Cc1cc(Oc2ccc(C(F)(F)F)cc2)ccc1-n1c(N)c2c(cc1=O)C(=O)NC2=O. The molecular weight excluding hydrogens is 415 g/mol. The van der Waals surface area contributed by atoms with Crippen LogP contribution in [0.15, 0.2) is 53.3 Å². The van der Waals surface area contributed by atoms with Gasteiger partial charge in [0.1, 0.15) is 17.3 Å². The monoisotopic (exact) mass is 429 g/mol. The highest BCUT2D eigenvalue weighted by atomic mass is 19.4. The number of anilines is 1. The molecule has 0 aliphatic carbocycles. The highest BCUT2D eigenvalue weighted by molar-refractivity contribution is 6.23. The van der Waals surface area contributed by atoms with Crippen molar-refractivity contribution in [1.82, 2.24) is 9.88 Å². The molecule has 0 bridgehead atoms. The molecule has 0 fully saturated rings. The summed E-state index contributed by atoms with van der Waals surface area (Å²) in [6.45, 7) is 1.67. The van der Waals surface area contributed by atoms with Crippen molar-refractivity contribution in [2.24, 2.45) is 0 Å². The second-order valence-electron chi connectivity index (χ2n) is 6.85. The van der Waals surface area contributed by atoms with Gasteiger partial charge in [-0.25, -0.2) is 0 Å². The second kappa shape index (κ2) is 7.01. The van der Waals surface area contributed by atoms with E-state index in [-0.39, 0.29) is 22.7 Å². The largest absolute Gasteiger partial charge is 0.457 e. The number of ether oxygens (including phenoxy) is 1. The van der Waals surface area contributed by atoms with Gasteiger partial charge in [-0.05, 0) is 55.0 Å². The lowest BCUT2D eigenvalue weighted by atomic mass is 10.1. The first-order valence-electron chi connectivity index (χ1n) is 8.93. The maximum atomic E-state index is 12.7. The normalized spacial score (nSPS) is 13.2. The number of nitrogen functional groups attached to an aromatic ring is 1. The molecule has 0 atom stereocenters. The summed E-state index contributed by atoms with van der Waals surface area (Å²) < 4.78 is 44.7. The summed E-state index contributed by atoms with van der Waals surface area (Å²) in [6, 6.07) is 9.85. The van der Waals surface area contributed by atoms with E-state index in [1.54, 1.807) is 13.0 Å². The van der Waals surface area contributed by atoms with E-state index in [1.165, 1.54) is 24.3 Å². The number of carbonyl (C=O) groups excluding carboxylic acids is 2. The zero-order valence-electron chi connectivity index (χ0n) is 15.9. The summed E-state index contributed by atoms with van der Waals surface area (Å²) >= 11 is 0. The lowest BCUT2D eigenvalue weighted by molar-refractivity contribution is -0.137. The number of rotatable bonds is 3. The fourth-order valence-electron chi connectivity index (χ4n) is 3.32. The summed E-state index contributed by atoms with van der Waals surface area (Å²) in [7, 11) is 0. The molecule has 158 valence electrons. The molecule has 2 aromatic carbocycles. The zero-order chi connectivity index (χ0) is 22.5. The van der Waals surface area contributed by atoms with Crippen molar-refractivity contribution >= 4 is 17.6 Å². The Labute approximate surface area is 172 Å². The Morgan fingerprint density at radius 1 is 0.935 bits per heavy atom. The number of hydrogen-bond donors (Lipinski definition) is 2. The number of nitrogens with two attached hydrogens (primary N) is 1. The maximum Gasteiger partial charge on any atom is 0.416 e. The topological polar surface area (TPSA) is 103 Å². The highest BCUT2D eigenvalue weighted by Gasteiger charge is 2.32. The molecule has 0 saturated heterocycles. The standard InChI is InChI=1S/C21H14F3N3O4/c1-10-8-13(31-12-4-2-11(3-5-12)21(22,23)24)6-7-15(10)27-16(28)9-14-17(18(27)25)20(30)26-19(14)29/h2-9H,25H2,1H3,(H,26,29,30). The number of halogens is 3. The molecule has 2 heterocycles. The smallest absolute Gasteiger partial charge is 0.416 e. The van der Waals surface area contributed by atoms with Crippen LogP contribution in [-0.4, -0.2) is 16.4 Å². The third kappa shape index (κ3) is 3.52. The van der Waals surface area contributed by atoms with Crippen LogP contribution in [0.4, 0.5) is 19.0 Å². The zero-order valence-corrected chi connectivity index (χ0v) is 15.9. The van der Waals surface area contributed by atoms with Crippen molar-refractivity contribution in [1.29, 1.82) is 0 Å². The van der Waals surface area contributed by atoms with Gasteiger partial charge < -0.3 is 10.5 Å². The van der Waals surface area contributed by atoms with Crippen LogP contribution in [0.1, 0.15) is 31.8 Å². The fraction of sp³-hybridized carbons (Fsp3) is 0.0952. The third-order valence-corrected chi connectivity index (χ3v) is 4.78. The summed E-state index contributed by atoms with van der Waals surface area (Å²) in [5.74, 6) is -1.03. The number of alkyl halides is 3. The van der Waals surface area contributed by atoms with Gasteiger partial charge in [0, 0.05) is 6.07 Å². The van der Waals surface area contributed by atoms with Gasteiger partial charge in [0.25, 0.3) is 17.4 Å². The number of benzene rings is 2. The van der Waals surface area contributed by atoms with Crippen molar-refractivity contribution in [2.45, 2.75) is 13.1 Å². The first-order valence-corrected chi connectivity index (χ1v) is 8.93. The van der Waals surface area contributed by atoms with E-state index < -0.39 is 29.1 Å². The fourth-order valence-corrected chi connectivity index (χ4v) is 3.32. The van der Waals surface area contributed by atoms with Gasteiger partial charge in [-0.2, -0.15) is 13.2 Å². The average molecular weight is 429 g/mol. The van der Waals surface area contributed by atoms with Gasteiger partial charge in [-0.3, -0.25) is 24.3 Å². The number of aromatic nitrogens is 1. The van der Waals surface area contributed by atoms with Gasteiger partial charge >= 0.3 is 6.18 Å². The molecule has 1 aliphatic rings. The molecule has 10 heteroatoms. The number of fused-ring (bicyclic) bond motifs is 1. The van der Waals surface area contributed by atoms with Crippen LogP contribution in [0.2, 0.25) is 0 Å². The molecule has 2 amide bonds. The van der Waals surface area contributed by atoms with Crippen LogP contribution in [0.25, 0.3) is 5.69 Å². The minimum Gasteiger partial charge on any atom is -0.457 e. The molecule has 3 aromatic rings. The van der Waals surface area contributed by atoms with Crippen LogP contribution in [0.5, 0.6) is 11.5 Å². The van der Waals surface area contributed by atoms with Crippen molar-refractivity contribution in [2.75, 3.05) is 5.73 Å². The Kier molecular flexibility index (Phi) is 4.57. The third-order valence-electron chi connectivity index (χ3n) is 4.78. The van der Waals surface area contributed by atoms with Crippen molar-refractivity contribution in [3.63, 3.8) is 0 Å². The van der Waals surface area contributed by atoms with E-state index in [0.717, 1.165) is 22.8 Å². The van der Waals surface area contributed by atoms with Crippen molar-refractivity contribution in [3.05, 3.63) is 81.1 Å². The van der Waals surface area contributed by atoms with Crippen molar-refractivity contribution in [3.8, 4) is 17.2 Å². The Morgan fingerprint density at radius 2 is 1.58 bits per heavy atom. The van der Waals surface area contributed by atoms with Gasteiger partial charge in [-0.15, -0.1) is 0 Å². The van der Waals surface area contributed by atoms with E-state index in [2.05, 4.69) is 5.32 Å². The van der Waals surface area contributed by atoms with Crippen LogP contribution < -0.4 is 21.3 Å². The number of nitrogens with zero attached hydrogens (tertiary/aromatic N) is 1.